The van der Waals surface area contributed by atoms with Crippen LogP contribution < -0.4 is 4.90 Å². The van der Waals surface area contributed by atoms with Crippen molar-refractivity contribution in [2.45, 2.75) is 19.6 Å². The van der Waals surface area contributed by atoms with Gasteiger partial charge in [0.05, 0.1) is 19.3 Å². The normalized spacial score (nSPS) is 12.3. The number of aliphatic hydroxyl groups excluding tert-OH is 1. The molecular weight excluding hydrogens is 270 g/mol. The third-order valence-electron chi connectivity index (χ3n) is 3.07. The lowest BCUT2D eigenvalue weighted by atomic mass is 10.2. The number of rotatable bonds is 8. The fourth-order valence-electron chi connectivity index (χ4n) is 2.05. The third-order valence-corrected chi connectivity index (χ3v) is 3.92. The SMILES string of the molecule is CCN(CC(O)COCc1cccs1)c1ccccc1. The van der Waals surface area contributed by atoms with Crippen LogP contribution in [0.3, 0.4) is 0 Å². The van der Waals surface area contributed by atoms with E-state index in [1.165, 1.54) is 4.88 Å². The summed E-state index contributed by atoms with van der Waals surface area (Å²) in [7, 11) is 0. The molecule has 0 aliphatic carbocycles. The van der Waals surface area contributed by atoms with Crippen molar-refractivity contribution in [3.63, 3.8) is 0 Å². The molecule has 0 radical (unpaired) electrons. The lowest BCUT2D eigenvalue weighted by Crippen LogP contribution is -2.34. The second-order valence-corrected chi connectivity index (χ2v) is 5.65. The van der Waals surface area contributed by atoms with Crippen LogP contribution in [-0.4, -0.2) is 30.9 Å². The molecule has 0 saturated carbocycles. The minimum absolute atomic E-state index is 0.362. The van der Waals surface area contributed by atoms with E-state index in [9.17, 15) is 5.11 Å². The summed E-state index contributed by atoms with van der Waals surface area (Å²) >= 11 is 1.67. The molecule has 1 heterocycles. The number of benzene rings is 1. The number of para-hydroxylation sites is 1. The number of thiophene rings is 1. The van der Waals surface area contributed by atoms with Crippen molar-refractivity contribution in [2.24, 2.45) is 0 Å². The fraction of sp³-hybridized carbons (Fsp3) is 0.375. The van der Waals surface area contributed by atoms with Crippen LogP contribution in [0.4, 0.5) is 5.69 Å². The molecule has 0 aliphatic heterocycles. The lowest BCUT2D eigenvalue weighted by molar-refractivity contribution is 0.0331. The minimum Gasteiger partial charge on any atom is -0.389 e. The topological polar surface area (TPSA) is 32.7 Å². The van der Waals surface area contributed by atoms with Crippen molar-refractivity contribution in [2.75, 3.05) is 24.6 Å². The van der Waals surface area contributed by atoms with E-state index in [1.807, 2.05) is 35.7 Å². The molecule has 1 aromatic heterocycles. The number of ether oxygens (including phenoxy) is 1. The number of anilines is 1. The zero-order chi connectivity index (χ0) is 14.2. The van der Waals surface area contributed by atoms with Crippen LogP contribution >= 0.6 is 11.3 Å². The van der Waals surface area contributed by atoms with E-state index < -0.39 is 6.10 Å². The van der Waals surface area contributed by atoms with Crippen molar-refractivity contribution >= 4 is 17.0 Å². The van der Waals surface area contributed by atoms with Crippen molar-refractivity contribution < 1.29 is 9.84 Å². The van der Waals surface area contributed by atoms with Crippen LogP contribution in [0.15, 0.2) is 47.8 Å². The average Bonchev–Trinajstić information content (AvgIpc) is 2.99. The molecule has 2 rings (SSSR count). The van der Waals surface area contributed by atoms with Gasteiger partial charge in [0.1, 0.15) is 0 Å². The van der Waals surface area contributed by atoms with Gasteiger partial charge in [-0.3, -0.25) is 0 Å². The Hall–Kier alpha value is -1.36. The fourth-order valence-corrected chi connectivity index (χ4v) is 2.69. The Kier molecular flexibility index (Phi) is 6.05. The molecular formula is C16H21NO2S. The van der Waals surface area contributed by atoms with Crippen LogP contribution in [0.2, 0.25) is 0 Å². The molecule has 1 N–H and O–H groups in total. The highest BCUT2D eigenvalue weighted by Gasteiger charge is 2.11. The monoisotopic (exact) mass is 291 g/mol. The summed E-state index contributed by atoms with van der Waals surface area (Å²) < 4.78 is 5.55. The van der Waals surface area contributed by atoms with Gasteiger partial charge in [0.2, 0.25) is 0 Å². The molecule has 20 heavy (non-hydrogen) atoms. The van der Waals surface area contributed by atoms with Crippen molar-refractivity contribution in [1.29, 1.82) is 0 Å². The number of aliphatic hydroxyl groups is 1. The molecule has 4 heteroatoms. The summed E-state index contributed by atoms with van der Waals surface area (Å²) in [4.78, 5) is 3.34. The Morgan fingerprint density at radius 3 is 2.65 bits per heavy atom. The van der Waals surface area contributed by atoms with Crippen molar-refractivity contribution in [1.82, 2.24) is 0 Å². The van der Waals surface area contributed by atoms with Gasteiger partial charge < -0.3 is 14.7 Å². The third kappa shape index (κ3) is 4.63. The summed E-state index contributed by atoms with van der Waals surface area (Å²) in [5, 5.41) is 12.1. The highest BCUT2D eigenvalue weighted by atomic mass is 32.1. The van der Waals surface area contributed by atoms with E-state index in [1.54, 1.807) is 11.3 Å². The van der Waals surface area contributed by atoms with Gasteiger partial charge in [-0.1, -0.05) is 24.3 Å². The van der Waals surface area contributed by atoms with E-state index in [2.05, 4.69) is 24.0 Å². The first kappa shape index (κ1) is 15.0. The Bertz CT molecular complexity index is 472. The van der Waals surface area contributed by atoms with E-state index in [4.69, 9.17) is 4.74 Å². The highest BCUT2D eigenvalue weighted by Crippen LogP contribution is 2.14. The summed E-state index contributed by atoms with van der Waals surface area (Å²) in [6.45, 7) is 4.48. The molecule has 0 saturated heterocycles. The lowest BCUT2D eigenvalue weighted by Gasteiger charge is -2.25. The molecule has 1 unspecified atom stereocenters. The Morgan fingerprint density at radius 2 is 2.00 bits per heavy atom. The van der Waals surface area contributed by atoms with E-state index in [0.717, 1.165) is 12.2 Å². The number of likely N-dealkylation sites (N-methyl/N-ethyl adjacent to an activating group) is 1. The van der Waals surface area contributed by atoms with Gasteiger partial charge in [0.15, 0.2) is 0 Å². The van der Waals surface area contributed by atoms with Gasteiger partial charge >= 0.3 is 0 Å². The smallest absolute Gasteiger partial charge is 0.0948 e. The first-order chi connectivity index (χ1) is 9.79. The van der Waals surface area contributed by atoms with Gasteiger partial charge in [-0.25, -0.2) is 0 Å². The van der Waals surface area contributed by atoms with E-state index in [0.29, 0.717) is 19.8 Å². The summed E-state index contributed by atoms with van der Waals surface area (Å²) in [6, 6.07) is 14.2. The molecule has 108 valence electrons. The van der Waals surface area contributed by atoms with Crippen LogP contribution in [0.25, 0.3) is 0 Å². The molecule has 0 fully saturated rings. The van der Waals surface area contributed by atoms with Crippen LogP contribution in [-0.2, 0) is 11.3 Å². The maximum atomic E-state index is 10.1. The van der Waals surface area contributed by atoms with Crippen molar-refractivity contribution in [3.8, 4) is 0 Å². The Labute approximate surface area is 124 Å². The molecule has 0 aliphatic rings. The quantitative estimate of drug-likeness (QED) is 0.811. The highest BCUT2D eigenvalue weighted by molar-refractivity contribution is 7.09. The summed E-state index contributed by atoms with van der Waals surface area (Å²) in [6.07, 6.45) is -0.477. The molecule has 1 atom stereocenters. The van der Waals surface area contributed by atoms with Crippen LogP contribution in [0.5, 0.6) is 0 Å². The predicted molar refractivity (Wildman–Crippen MR) is 84.3 cm³/mol. The van der Waals surface area contributed by atoms with Crippen molar-refractivity contribution in [3.05, 3.63) is 52.7 Å². The average molecular weight is 291 g/mol. The van der Waals surface area contributed by atoms with Crippen LogP contribution in [0, 0.1) is 0 Å². The van der Waals surface area contributed by atoms with Crippen LogP contribution in [0.1, 0.15) is 11.8 Å². The summed E-state index contributed by atoms with van der Waals surface area (Å²) in [5.74, 6) is 0. The van der Waals surface area contributed by atoms with E-state index >= 15 is 0 Å². The van der Waals surface area contributed by atoms with Gasteiger partial charge in [0, 0.05) is 23.7 Å². The predicted octanol–water partition coefficient (Wildman–Crippen LogP) is 3.15. The molecule has 2 aromatic rings. The zero-order valence-corrected chi connectivity index (χ0v) is 12.6. The molecule has 0 spiro atoms. The molecule has 0 amide bonds. The van der Waals surface area contributed by atoms with Gasteiger partial charge in [-0.2, -0.15) is 0 Å². The van der Waals surface area contributed by atoms with E-state index in [-0.39, 0.29) is 0 Å². The summed E-state index contributed by atoms with van der Waals surface area (Å²) in [5.41, 5.74) is 1.13. The number of hydrogen-bond donors (Lipinski definition) is 1. The Balaban J connectivity index is 1.76. The number of nitrogens with zero attached hydrogens (tertiary/aromatic N) is 1. The maximum absolute atomic E-state index is 10.1. The maximum Gasteiger partial charge on any atom is 0.0948 e. The van der Waals surface area contributed by atoms with Gasteiger partial charge in [0.25, 0.3) is 0 Å². The number of hydrogen-bond acceptors (Lipinski definition) is 4. The first-order valence-electron chi connectivity index (χ1n) is 6.87. The zero-order valence-electron chi connectivity index (χ0n) is 11.7. The standard InChI is InChI=1S/C16H21NO2S/c1-2-17(14-7-4-3-5-8-14)11-15(18)12-19-13-16-9-6-10-20-16/h3-10,15,18H,2,11-13H2,1H3. The van der Waals surface area contributed by atoms with Gasteiger partial charge in [-0.05, 0) is 30.5 Å². The first-order valence-corrected chi connectivity index (χ1v) is 7.75. The van der Waals surface area contributed by atoms with Gasteiger partial charge in [-0.15, -0.1) is 11.3 Å². The minimum atomic E-state index is -0.477. The molecule has 1 aromatic carbocycles. The molecule has 3 nitrogen and oxygen atoms in total. The second kappa shape index (κ2) is 8.04. The molecule has 0 bridgehead atoms. The Morgan fingerprint density at radius 1 is 1.20 bits per heavy atom. The second-order valence-electron chi connectivity index (χ2n) is 4.62. The largest absolute Gasteiger partial charge is 0.389 e.